The van der Waals surface area contributed by atoms with Gasteiger partial charge in [-0.3, -0.25) is 0 Å². The summed E-state index contributed by atoms with van der Waals surface area (Å²) in [6.07, 6.45) is 1.61. The Bertz CT molecular complexity index is 743. The summed E-state index contributed by atoms with van der Waals surface area (Å²) < 4.78 is 0. The number of benzene rings is 2. The van der Waals surface area contributed by atoms with E-state index in [9.17, 15) is 4.79 Å². The van der Waals surface area contributed by atoms with Gasteiger partial charge in [0, 0.05) is 5.56 Å². The van der Waals surface area contributed by atoms with Gasteiger partial charge in [0.25, 0.3) is 0 Å². The van der Waals surface area contributed by atoms with Gasteiger partial charge in [-0.2, -0.15) is 0 Å². The topological polar surface area (TPSA) is 38.7 Å². The number of oxime groups is 1. The van der Waals surface area contributed by atoms with E-state index in [2.05, 4.69) is 17.5 Å². The summed E-state index contributed by atoms with van der Waals surface area (Å²) in [6, 6.07) is 18.9. The zero-order valence-corrected chi connectivity index (χ0v) is 11.3. The van der Waals surface area contributed by atoms with Gasteiger partial charge in [-0.05, 0) is 11.6 Å². The first kappa shape index (κ1) is 13.1. The summed E-state index contributed by atoms with van der Waals surface area (Å²) in [5.41, 5.74) is 3.80. The average molecular weight is 275 g/mol. The molecule has 102 valence electrons. The molecular weight excluding hydrogens is 262 g/mol. The molecule has 1 heterocycles. The Morgan fingerprint density at radius 2 is 1.67 bits per heavy atom. The lowest BCUT2D eigenvalue weighted by atomic mass is 9.74. The first-order valence-corrected chi connectivity index (χ1v) is 6.57. The maximum Gasteiger partial charge on any atom is 0.356 e. The number of carbonyl (C=O) groups excluding carboxylic acids is 1. The quantitative estimate of drug-likeness (QED) is 0.637. The number of hydrogen-bond acceptors (Lipinski definition) is 3. The number of nitrogens with zero attached hydrogens (tertiary/aromatic N) is 1. The molecule has 0 N–H and O–H groups in total. The molecule has 1 atom stereocenters. The highest BCUT2D eigenvalue weighted by Crippen LogP contribution is 2.36. The van der Waals surface area contributed by atoms with Crippen molar-refractivity contribution in [1.29, 1.82) is 0 Å². The second-order valence-corrected chi connectivity index (χ2v) is 4.71. The Morgan fingerprint density at radius 1 is 1.05 bits per heavy atom. The number of rotatable bonds is 3. The third kappa shape index (κ3) is 2.00. The minimum Gasteiger partial charge on any atom is -0.316 e. The van der Waals surface area contributed by atoms with E-state index in [1.807, 2.05) is 60.7 Å². The molecule has 21 heavy (non-hydrogen) atoms. The van der Waals surface area contributed by atoms with Gasteiger partial charge >= 0.3 is 5.97 Å². The van der Waals surface area contributed by atoms with Crippen molar-refractivity contribution in [2.24, 2.45) is 5.16 Å². The van der Waals surface area contributed by atoms with Crippen molar-refractivity contribution in [3.05, 3.63) is 90.2 Å². The minimum absolute atomic E-state index is 0.441. The minimum atomic E-state index is -1.09. The molecule has 1 unspecified atom stereocenters. The van der Waals surface area contributed by atoms with Gasteiger partial charge in [0.1, 0.15) is 5.71 Å². The molecule has 0 aliphatic carbocycles. The van der Waals surface area contributed by atoms with Crippen LogP contribution in [0.4, 0.5) is 0 Å². The van der Waals surface area contributed by atoms with Gasteiger partial charge in [0.2, 0.25) is 0 Å². The van der Waals surface area contributed by atoms with E-state index in [0.29, 0.717) is 5.71 Å². The zero-order chi connectivity index (χ0) is 14.7. The highest BCUT2D eigenvalue weighted by Gasteiger charge is 2.50. The van der Waals surface area contributed by atoms with Crippen LogP contribution in [0.2, 0.25) is 0 Å². The van der Waals surface area contributed by atoms with Crippen LogP contribution >= 0.6 is 0 Å². The third-order valence-corrected chi connectivity index (χ3v) is 3.51. The summed E-state index contributed by atoms with van der Waals surface area (Å²) in [5.74, 6) is -0.441. The lowest BCUT2D eigenvalue weighted by Crippen LogP contribution is -2.38. The SMILES string of the molecule is C=C=CC1(c2ccccc2)C(=O)ON=C1c1ccccc1. The Kier molecular flexibility index (Phi) is 3.27. The molecule has 2 aromatic carbocycles. The Hall–Kier alpha value is -2.90. The molecule has 0 saturated carbocycles. The lowest BCUT2D eigenvalue weighted by molar-refractivity contribution is -0.143. The summed E-state index contributed by atoms with van der Waals surface area (Å²) >= 11 is 0. The predicted molar refractivity (Wildman–Crippen MR) is 80.9 cm³/mol. The van der Waals surface area contributed by atoms with E-state index in [1.165, 1.54) is 0 Å². The van der Waals surface area contributed by atoms with Crippen molar-refractivity contribution < 1.29 is 9.63 Å². The van der Waals surface area contributed by atoms with Crippen LogP contribution < -0.4 is 0 Å². The van der Waals surface area contributed by atoms with E-state index < -0.39 is 11.4 Å². The van der Waals surface area contributed by atoms with Crippen molar-refractivity contribution in [2.45, 2.75) is 5.41 Å². The fourth-order valence-electron chi connectivity index (χ4n) is 2.52. The lowest BCUT2D eigenvalue weighted by Gasteiger charge is -2.22. The molecule has 0 aromatic heterocycles. The van der Waals surface area contributed by atoms with Crippen LogP contribution in [0, 0.1) is 0 Å². The summed E-state index contributed by atoms with van der Waals surface area (Å²) in [5, 5.41) is 4.00. The van der Waals surface area contributed by atoms with E-state index >= 15 is 0 Å². The molecule has 3 heteroatoms. The molecule has 0 saturated heterocycles. The van der Waals surface area contributed by atoms with Crippen molar-refractivity contribution in [3.8, 4) is 0 Å². The molecule has 0 bridgehead atoms. The molecular formula is C18H13NO2. The van der Waals surface area contributed by atoms with Crippen LogP contribution in [0.1, 0.15) is 11.1 Å². The predicted octanol–water partition coefficient (Wildman–Crippen LogP) is 3.23. The van der Waals surface area contributed by atoms with E-state index in [-0.39, 0.29) is 0 Å². The van der Waals surface area contributed by atoms with Crippen LogP contribution in [-0.4, -0.2) is 11.7 Å². The molecule has 1 aliphatic rings. The summed E-state index contributed by atoms with van der Waals surface area (Å²) in [7, 11) is 0. The maximum atomic E-state index is 12.4. The third-order valence-electron chi connectivity index (χ3n) is 3.51. The fraction of sp³-hybridized carbons (Fsp3) is 0.0556. The van der Waals surface area contributed by atoms with Gasteiger partial charge < -0.3 is 4.84 Å². The molecule has 1 aliphatic heterocycles. The van der Waals surface area contributed by atoms with Crippen molar-refractivity contribution >= 4 is 11.7 Å². The summed E-state index contributed by atoms with van der Waals surface area (Å²) in [6.45, 7) is 3.61. The van der Waals surface area contributed by atoms with Crippen LogP contribution in [0.15, 0.2) is 84.2 Å². The standard InChI is InChI=1S/C18H13NO2/c1-2-13-18(15-11-7-4-8-12-15)16(19-21-17(18)20)14-9-5-3-6-10-14/h3-13H,1H2. The Balaban J connectivity index is 2.25. The highest BCUT2D eigenvalue weighted by molar-refractivity contribution is 6.23. The fourth-order valence-corrected chi connectivity index (χ4v) is 2.52. The van der Waals surface area contributed by atoms with Crippen LogP contribution in [0.5, 0.6) is 0 Å². The number of hydrogen-bond donors (Lipinski definition) is 0. The van der Waals surface area contributed by atoms with Crippen LogP contribution in [0.25, 0.3) is 0 Å². The van der Waals surface area contributed by atoms with Crippen LogP contribution in [-0.2, 0) is 15.0 Å². The van der Waals surface area contributed by atoms with Crippen LogP contribution in [0.3, 0.4) is 0 Å². The van der Waals surface area contributed by atoms with E-state index in [0.717, 1.165) is 11.1 Å². The molecule has 0 spiro atoms. The Morgan fingerprint density at radius 3 is 2.29 bits per heavy atom. The molecule has 0 radical (unpaired) electrons. The molecule has 0 amide bonds. The molecule has 3 nitrogen and oxygen atoms in total. The van der Waals surface area contributed by atoms with Gasteiger partial charge in [-0.25, -0.2) is 4.79 Å². The molecule has 0 fully saturated rings. The zero-order valence-electron chi connectivity index (χ0n) is 11.3. The Labute approximate surface area is 122 Å². The van der Waals surface area contributed by atoms with E-state index in [1.54, 1.807) is 6.08 Å². The maximum absolute atomic E-state index is 12.4. The van der Waals surface area contributed by atoms with Crippen molar-refractivity contribution in [3.63, 3.8) is 0 Å². The first-order chi connectivity index (χ1) is 10.3. The monoisotopic (exact) mass is 275 g/mol. The van der Waals surface area contributed by atoms with Crippen molar-refractivity contribution in [1.82, 2.24) is 0 Å². The second-order valence-electron chi connectivity index (χ2n) is 4.71. The molecule has 2 aromatic rings. The van der Waals surface area contributed by atoms with Gasteiger partial charge in [-0.1, -0.05) is 72.4 Å². The van der Waals surface area contributed by atoms with E-state index in [4.69, 9.17) is 4.84 Å². The van der Waals surface area contributed by atoms with Crippen molar-refractivity contribution in [2.75, 3.05) is 0 Å². The molecule has 3 rings (SSSR count). The van der Waals surface area contributed by atoms with Gasteiger partial charge in [0.05, 0.1) is 0 Å². The first-order valence-electron chi connectivity index (χ1n) is 6.57. The smallest absolute Gasteiger partial charge is 0.316 e. The normalized spacial score (nSPS) is 20.4. The highest BCUT2D eigenvalue weighted by atomic mass is 16.7. The summed E-state index contributed by atoms with van der Waals surface area (Å²) in [4.78, 5) is 17.4. The second kappa shape index (κ2) is 5.23. The van der Waals surface area contributed by atoms with Gasteiger partial charge in [0.15, 0.2) is 5.41 Å². The average Bonchev–Trinajstić information content (AvgIpc) is 2.87. The largest absolute Gasteiger partial charge is 0.356 e. The number of carbonyl (C=O) groups is 1. The van der Waals surface area contributed by atoms with Gasteiger partial charge in [-0.15, -0.1) is 5.73 Å².